The molecular formula is C18H22N4S. The Balaban J connectivity index is 1.85. The van der Waals surface area contributed by atoms with Crippen LogP contribution in [0, 0.1) is 0 Å². The second-order valence-corrected chi connectivity index (χ2v) is 7.44. The van der Waals surface area contributed by atoms with Crippen LogP contribution in [0.4, 0.5) is 16.4 Å². The highest BCUT2D eigenvalue weighted by Gasteiger charge is 2.25. The standard InChI is InChI=1S/C18H22N4S/c1-12(2)16-11-13-17(22-9-7-19-8-10-22)20-14-5-3-4-6-15(14)21-18(13)23-16/h3-6,11-12,19,21H,7-10H2,1-2H3. The summed E-state index contributed by atoms with van der Waals surface area (Å²) < 4.78 is 0. The average molecular weight is 326 g/mol. The van der Waals surface area contributed by atoms with Crippen molar-refractivity contribution in [2.45, 2.75) is 19.8 Å². The Kier molecular flexibility index (Phi) is 3.83. The fraction of sp³-hybridized carbons (Fsp3) is 0.389. The molecular weight excluding hydrogens is 304 g/mol. The lowest BCUT2D eigenvalue weighted by molar-refractivity contribution is 0.358. The molecule has 0 bridgehead atoms. The molecule has 0 amide bonds. The smallest absolute Gasteiger partial charge is 0.139 e. The van der Waals surface area contributed by atoms with Gasteiger partial charge in [0.05, 0.1) is 16.9 Å². The van der Waals surface area contributed by atoms with Gasteiger partial charge in [-0.3, -0.25) is 0 Å². The maximum absolute atomic E-state index is 5.04. The maximum Gasteiger partial charge on any atom is 0.139 e. The van der Waals surface area contributed by atoms with E-state index in [9.17, 15) is 0 Å². The average Bonchev–Trinajstić information content (AvgIpc) is 2.92. The molecule has 0 aliphatic carbocycles. The minimum Gasteiger partial charge on any atom is -0.353 e. The van der Waals surface area contributed by atoms with Crippen molar-refractivity contribution in [3.8, 4) is 0 Å². The number of anilines is 2. The van der Waals surface area contributed by atoms with Gasteiger partial charge in [-0.2, -0.15) is 0 Å². The Morgan fingerprint density at radius 1 is 1.17 bits per heavy atom. The molecule has 4 nitrogen and oxygen atoms in total. The molecule has 5 heteroatoms. The Bertz CT molecular complexity index is 741. The first-order chi connectivity index (χ1) is 11.2. The third kappa shape index (κ3) is 2.75. The van der Waals surface area contributed by atoms with Gasteiger partial charge in [0.1, 0.15) is 10.8 Å². The van der Waals surface area contributed by atoms with E-state index < -0.39 is 0 Å². The van der Waals surface area contributed by atoms with Crippen molar-refractivity contribution in [1.29, 1.82) is 0 Å². The first-order valence-electron chi connectivity index (χ1n) is 8.27. The number of fused-ring (bicyclic) bond motifs is 2. The summed E-state index contributed by atoms with van der Waals surface area (Å²) in [5.41, 5.74) is 3.36. The minimum absolute atomic E-state index is 0.535. The van der Waals surface area contributed by atoms with E-state index in [2.05, 4.69) is 59.7 Å². The molecule has 1 fully saturated rings. The highest BCUT2D eigenvalue weighted by atomic mass is 32.1. The van der Waals surface area contributed by atoms with E-state index in [1.54, 1.807) is 0 Å². The Morgan fingerprint density at radius 2 is 1.96 bits per heavy atom. The van der Waals surface area contributed by atoms with Gasteiger partial charge in [-0.05, 0) is 24.1 Å². The largest absolute Gasteiger partial charge is 0.353 e. The molecule has 4 rings (SSSR count). The second-order valence-electron chi connectivity index (χ2n) is 6.36. The number of hydrogen-bond acceptors (Lipinski definition) is 5. The molecule has 0 saturated carbocycles. The predicted octanol–water partition coefficient (Wildman–Crippen LogP) is 3.91. The summed E-state index contributed by atoms with van der Waals surface area (Å²) in [4.78, 5) is 8.86. The molecule has 120 valence electrons. The van der Waals surface area contributed by atoms with Crippen molar-refractivity contribution < 1.29 is 0 Å². The number of hydrogen-bond donors (Lipinski definition) is 2. The lowest BCUT2D eigenvalue weighted by Crippen LogP contribution is -2.46. The number of aliphatic imine (C=N–C) groups is 1. The Labute approximate surface area is 141 Å². The highest BCUT2D eigenvalue weighted by molar-refractivity contribution is 7.16. The van der Waals surface area contributed by atoms with E-state index >= 15 is 0 Å². The van der Waals surface area contributed by atoms with Gasteiger partial charge < -0.3 is 15.5 Å². The summed E-state index contributed by atoms with van der Waals surface area (Å²) in [6.07, 6.45) is 0. The van der Waals surface area contributed by atoms with Crippen molar-refractivity contribution in [2.24, 2.45) is 4.99 Å². The molecule has 23 heavy (non-hydrogen) atoms. The zero-order valence-electron chi connectivity index (χ0n) is 13.6. The summed E-state index contributed by atoms with van der Waals surface area (Å²) in [5.74, 6) is 1.65. The van der Waals surface area contributed by atoms with Crippen LogP contribution in [0.3, 0.4) is 0 Å². The molecule has 2 N–H and O–H groups in total. The van der Waals surface area contributed by atoms with E-state index in [1.807, 2.05) is 11.3 Å². The number of amidine groups is 1. The molecule has 1 aromatic carbocycles. The molecule has 1 saturated heterocycles. The lowest BCUT2D eigenvalue weighted by atomic mass is 10.1. The number of benzene rings is 1. The van der Waals surface area contributed by atoms with Crippen LogP contribution in [0.15, 0.2) is 35.3 Å². The molecule has 2 aliphatic heterocycles. The SMILES string of the molecule is CC(C)c1cc2c(s1)Nc1ccccc1N=C2N1CCNCC1. The van der Waals surface area contributed by atoms with Gasteiger partial charge in [0.15, 0.2) is 0 Å². The van der Waals surface area contributed by atoms with Crippen molar-refractivity contribution in [3.63, 3.8) is 0 Å². The third-order valence-corrected chi connectivity index (χ3v) is 5.71. The van der Waals surface area contributed by atoms with Crippen LogP contribution < -0.4 is 10.6 Å². The zero-order chi connectivity index (χ0) is 15.8. The summed E-state index contributed by atoms with van der Waals surface area (Å²) >= 11 is 1.85. The number of nitrogens with one attached hydrogen (secondary N) is 2. The number of thiophene rings is 1. The van der Waals surface area contributed by atoms with Crippen molar-refractivity contribution in [3.05, 3.63) is 40.8 Å². The number of para-hydroxylation sites is 2. The maximum atomic E-state index is 5.04. The van der Waals surface area contributed by atoms with E-state index in [0.29, 0.717) is 5.92 Å². The number of piperazine rings is 1. The van der Waals surface area contributed by atoms with Gasteiger partial charge in [0, 0.05) is 31.1 Å². The van der Waals surface area contributed by atoms with Crippen LogP contribution in [-0.2, 0) is 0 Å². The predicted molar refractivity (Wildman–Crippen MR) is 98.8 cm³/mol. The summed E-state index contributed by atoms with van der Waals surface area (Å²) in [7, 11) is 0. The molecule has 2 aromatic rings. The summed E-state index contributed by atoms with van der Waals surface area (Å²) in [6, 6.07) is 10.6. The fourth-order valence-corrected chi connectivity index (χ4v) is 4.11. The molecule has 2 aliphatic rings. The second kappa shape index (κ2) is 5.98. The van der Waals surface area contributed by atoms with Crippen LogP contribution in [0.5, 0.6) is 0 Å². The molecule has 0 atom stereocenters. The van der Waals surface area contributed by atoms with Crippen LogP contribution in [0.2, 0.25) is 0 Å². The van der Waals surface area contributed by atoms with Gasteiger partial charge >= 0.3 is 0 Å². The van der Waals surface area contributed by atoms with E-state index in [4.69, 9.17) is 4.99 Å². The quantitative estimate of drug-likeness (QED) is 0.834. The first kappa shape index (κ1) is 14.7. The lowest BCUT2D eigenvalue weighted by Gasteiger charge is -2.30. The van der Waals surface area contributed by atoms with Gasteiger partial charge in [-0.25, -0.2) is 4.99 Å². The Hall–Kier alpha value is -1.85. The highest BCUT2D eigenvalue weighted by Crippen LogP contribution is 2.41. The van der Waals surface area contributed by atoms with Crippen molar-refractivity contribution in [1.82, 2.24) is 10.2 Å². The van der Waals surface area contributed by atoms with Gasteiger partial charge in [0.2, 0.25) is 0 Å². The summed E-state index contributed by atoms with van der Waals surface area (Å²) in [6.45, 7) is 8.55. The van der Waals surface area contributed by atoms with Crippen LogP contribution in [0.25, 0.3) is 0 Å². The van der Waals surface area contributed by atoms with E-state index in [1.165, 1.54) is 15.4 Å². The molecule has 1 aromatic heterocycles. The van der Waals surface area contributed by atoms with E-state index in [-0.39, 0.29) is 0 Å². The topological polar surface area (TPSA) is 39.7 Å². The molecule has 0 unspecified atom stereocenters. The van der Waals surface area contributed by atoms with Gasteiger partial charge in [0.25, 0.3) is 0 Å². The number of nitrogens with zero attached hydrogens (tertiary/aromatic N) is 2. The fourth-order valence-electron chi connectivity index (χ4n) is 3.04. The molecule has 0 spiro atoms. The van der Waals surface area contributed by atoms with E-state index in [0.717, 1.165) is 43.4 Å². The Morgan fingerprint density at radius 3 is 2.74 bits per heavy atom. The van der Waals surface area contributed by atoms with Crippen LogP contribution >= 0.6 is 11.3 Å². The van der Waals surface area contributed by atoms with Crippen LogP contribution in [-0.4, -0.2) is 36.9 Å². The minimum atomic E-state index is 0.535. The van der Waals surface area contributed by atoms with Crippen molar-refractivity contribution in [2.75, 3.05) is 31.5 Å². The van der Waals surface area contributed by atoms with Crippen LogP contribution in [0.1, 0.15) is 30.2 Å². The third-order valence-electron chi connectivity index (χ3n) is 4.36. The normalized spacial score (nSPS) is 17.2. The van der Waals surface area contributed by atoms with Gasteiger partial charge in [-0.15, -0.1) is 11.3 Å². The molecule has 0 radical (unpaired) electrons. The zero-order valence-corrected chi connectivity index (χ0v) is 14.4. The monoisotopic (exact) mass is 326 g/mol. The summed E-state index contributed by atoms with van der Waals surface area (Å²) in [5, 5.41) is 8.25. The van der Waals surface area contributed by atoms with Crippen molar-refractivity contribution >= 4 is 33.5 Å². The first-order valence-corrected chi connectivity index (χ1v) is 9.08. The number of rotatable bonds is 1. The van der Waals surface area contributed by atoms with Gasteiger partial charge in [-0.1, -0.05) is 26.0 Å². The molecule has 3 heterocycles.